The van der Waals surface area contributed by atoms with Crippen LogP contribution in [0.3, 0.4) is 0 Å². The summed E-state index contributed by atoms with van der Waals surface area (Å²) in [7, 11) is 0. The molecule has 3 aromatic carbocycles. The van der Waals surface area contributed by atoms with Crippen molar-refractivity contribution in [3.63, 3.8) is 0 Å². The Bertz CT molecular complexity index is 1150. The van der Waals surface area contributed by atoms with Gasteiger partial charge in [0.25, 0.3) is 11.8 Å². The van der Waals surface area contributed by atoms with Crippen LogP contribution in [0.2, 0.25) is 0 Å². The molecule has 0 saturated heterocycles. The summed E-state index contributed by atoms with van der Waals surface area (Å²) in [5.74, 6) is 0.351. The number of fused-ring (bicyclic) bond motifs is 1. The van der Waals surface area contributed by atoms with E-state index >= 15 is 0 Å². The van der Waals surface area contributed by atoms with Gasteiger partial charge in [-0.1, -0.05) is 49.4 Å². The van der Waals surface area contributed by atoms with E-state index in [-0.39, 0.29) is 5.91 Å². The quantitative estimate of drug-likeness (QED) is 0.521. The monoisotopic (exact) mass is 445 g/mol. The summed E-state index contributed by atoms with van der Waals surface area (Å²) in [6, 6.07) is 21.7. The smallest absolute Gasteiger partial charge is 0.276 e. The van der Waals surface area contributed by atoms with E-state index in [1.165, 1.54) is 5.01 Å². The van der Waals surface area contributed by atoms with Crippen LogP contribution in [0.4, 0.5) is 5.69 Å². The van der Waals surface area contributed by atoms with Crippen molar-refractivity contribution in [2.45, 2.75) is 26.4 Å². The van der Waals surface area contributed by atoms with E-state index in [1.54, 1.807) is 36.4 Å². The lowest BCUT2D eigenvalue weighted by Crippen LogP contribution is -2.53. The topological polar surface area (TPSA) is 79.9 Å². The van der Waals surface area contributed by atoms with Gasteiger partial charge >= 0.3 is 0 Å². The van der Waals surface area contributed by atoms with Crippen molar-refractivity contribution in [1.82, 2.24) is 10.4 Å². The van der Waals surface area contributed by atoms with Gasteiger partial charge in [-0.2, -0.15) is 0 Å². The highest BCUT2D eigenvalue weighted by molar-refractivity contribution is 6.04. The maximum absolute atomic E-state index is 13.5. The van der Waals surface area contributed by atoms with Crippen molar-refractivity contribution < 1.29 is 19.1 Å². The number of nitrogens with one attached hydrogen (secondary N) is 2. The first-order valence-electron chi connectivity index (χ1n) is 11.1. The Morgan fingerprint density at radius 2 is 1.64 bits per heavy atom. The van der Waals surface area contributed by atoms with E-state index in [1.807, 2.05) is 50.2 Å². The molecule has 0 saturated carbocycles. The van der Waals surface area contributed by atoms with Crippen molar-refractivity contribution in [2.24, 2.45) is 0 Å². The Morgan fingerprint density at radius 1 is 0.939 bits per heavy atom. The molecular weight excluding hydrogens is 418 g/mol. The summed E-state index contributed by atoms with van der Waals surface area (Å²) >= 11 is 0. The number of carbonyl (C=O) groups is 2. The van der Waals surface area contributed by atoms with E-state index in [2.05, 4.69) is 10.7 Å². The number of benzene rings is 3. The van der Waals surface area contributed by atoms with Crippen LogP contribution in [0.25, 0.3) is 0 Å². The largest absolute Gasteiger partial charge is 0.493 e. The summed E-state index contributed by atoms with van der Waals surface area (Å²) < 4.78 is 11.5. The summed E-state index contributed by atoms with van der Waals surface area (Å²) in [5.41, 5.74) is 5.06. The summed E-state index contributed by atoms with van der Waals surface area (Å²) in [5, 5.41) is 4.71. The Balaban J connectivity index is 1.73. The minimum atomic E-state index is -0.663. The van der Waals surface area contributed by atoms with Crippen LogP contribution in [-0.4, -0.2) is 30.0 Å². The van der Waals surface area contributed by atoms with Crippen molar-refractivity contribution in [3.05, 3.63) is 89.5 Å². The van der Waals surface area contributed by atoms with Crippen molar-refractivity contribution in [1.29, 1.82) is 0 Å². The Labute approximate surface area is 193 Å². The van der Waals surface area contributed by atoms with Crippen LogP contribution >= 0.6 is 0 Å². The molecule has 0 fully saturated rings. The van der Waals surface area contributed by atoms with Gasteiger partial charge in [-0.25, -0.2) is 5.01 Å². The fraction of sp³-hybridized carbons (Fsp3) is 0.231. The molecule has 0 bridgehead atoms. The van der Waals surface area contributed by atoms with E-state index in [0.717, 1.165) is 12.0 Å². The molecule has 2 N–H and O–H groups in total. The van der Waals surface area contributed by atoms with Crippen LogP contribution in [0.1, 0.15) is 52.7 Å². The molecule has 0 spiro atoms. The lowest BCUT2D eigenvalue weighted by Gasteiger charge is -2.38. The van der Waals surface area contributed by atoms with Crippen molar-refractivity contribution in [2.75, 3.05) is 18.5 Å². The second-order valence-corrected chi connectivity index (χ2v) is 7.52. The number of carbonyl (C=O) groups excluding carboxylic acids is 2. The molecule has 3 aromatic rings. The molecular formula is C26H27N3O4. The first-order valence-corrected chi connectivity index (χ1v) is 11.1. The molecule has 170 valence electrons. The summed E-state index contributed by atoms with van der Waals surface area (Å²) in [6.45, 7) is 4.85. The number of hydrogen-bond donors (Lipinski definition) is 2. The van der Waals surface area contributed by atoms with Crippen LogP contribution in [-0.2, 0) is 0 Å². The molecule has 0 aliphatic carbocycles. The summed E-state index contributed by atoms with van der Waals surface area (Å²) in [4.78, 5) is 26.8. The standard InChI is InChI=1S/C26H27N3O4/c1-3-17-33-22-15-9-6-12-19(22)24-27-21-14-8-5-11-18(21)26(31)29(24)28-25(30)20-13-7-10-16-23(20)32-4-2/h5-16,24,27H,3-4,17H2,1-2H3,(H,28,30). The Kier molecular flexibility index (Phi) is 6.78. The van der Waals surface area contributed by atoms with Gasteiger partial charge < -0.3 is 14.8 Å². The first kappa shape index (κ1) is 22.2. The third-order valence-corrected chi connectivity index (χ3v) is 5.26. The molecule has 2 amide bonds. The molecule has 7 nitrogen and oxygen atoms in total. The van der Waals surface area contributed by atoms with Gasteiger partial charge in [-0.3, -0.25) is 15.0 Å². The molecule has 33 heavy (non-hydrogen) atoms. The van der Waals surface area contributed by atoms with Gasteiger partial charge in [0, 0.05) is 11.3 Å². The normalized spacial score (nSPS) is 14.8. The predicted molar refractivity (Wildman–Crippen MR) is 126 cm³/mol. The van der Waals surface area contributed by atoms with E-state index < -0.39 is 12.1 Å². The number of nitrogens with zero attached hydrogens (tertiary/aromatic N) is 1. The first-order chi connectivity index (χ1) is 16.1. The average molecular weight is 446 g/mol. The van der Waals surface area contributed by atoms with Gasteiger partial charge in [0.1, 0.15) is 11.5 Å². The molecule has 7 heteroatoms. The van der Waals surface area contributed by atoms with Crippen LogP contribution in [0.15, 0.2) is 72.8 Å². The molecule has 1 heterocycles. The number of anilines is 1. The molecule has 4 rings (SSSR count). The second kappa shape index (κ2) is 10.1. The zero-order valence-corrected chi connectivity index (χ0v) is 18.7. The highest BCUT2D eigenvalue weighted by Gasteiger charge is 2.36. The van der Waals surface area contributed by atoms with Crippen molar-refractivity contribution in [3.8, 4) is 11.5 Å². The molecule has 0 aromatic heterocycles. The minimum Gasteiger partial charge on any atom is -0.493 e. The zero-order valence-electron chi connectivity index (χ0n) is 18.7. The average Bonchev–Trinajstić information content (AvgIpc) is 2.85. The highest BCUT2D eigenvalue weighted by atomic mass is 16.5. The second-order valence-electron chi connectivity index (χ2n) is 7.52. The number of hydrogen-bond acceptors (Lipinski definition) is 5. The van der Waals surface area contributed by atoms with E-state index in [4.69, 9.17) is 9.47 Å². The summed E-state index contributed by atoms with van der Waals surface area (Å²) in [6.07, 6.45) is 0.187. The number of hydrazine groups is 1. The molecule has 1 aliphatic heterocycles. The maximum atomic E-state index is 13.5. The lowest BCUT2D eigenvalue weighted by atomic mass is 10.0. The third kappa shape index (κ3) is 4.62. The number of amides is 2. The molecule has 0 radical (unpaired) electrons. The van der Waals surface area contributed by atoms with E-state index in [9.17, 15) is 9.59 Å². The van der Waals surface area contributed by atoms with Crippen molar-refractivity contribution >= 4 is 17.5 Å². The predicted octanol–water partition coefficient (Wildman–Crippen LogP) is 4.79. The molecule has 1 unspecified atom stereocenters. The minimum absolute atomic E-state index is 0.318. The van der Waals surface area contributed by atoms with Gasteiger partial charge in [0.2, 0.25) is 0 Å². The lowest BCUT2D eigenvalue weighted by molar-refractivity contribution is 0.0486. The molecule has 1 atom stereocenters. The number of para-hydroxylation sites is 3. The number of rotatable bonds is 8. The zero-order chi connectivity index (χ0) is 23.2. The van der Waals surface area contributed by atoms with Gasteiger partial charge in [-0.15, -0.1) is 0 Å². The Morgan fingerprint density at radius 3 is 2.42 bits per heavy atom. The van der Waals surface area contributed by atoms with Crippen LogP contribution in [0, 0.1) is 0 Å². The van der Waals surface area contributed by atoms with Crippen LogP contribution < -0.4 is 20.2 Å². The fourth-order valence-electron chi connectivity index (χ4n) is 3.74. The molecule has 1 aliphatic rings. The SMILES string of the molecule is CCCOc1ccccc1C1Nc2ccccc2C(=O)N1NC(=O)c1ccccc1OCC. The van der Waals surface area contributed by atoms with Crippen LogP contribution in [0.5, 0.6) is 11.5 Å². The van der Waals surface area contributed by atoms with Gasteiger partial charge in [-0.05, 0) is 43.7 Å². The maximum Gasteiger partial charge on any atom is 0.276 e. The number of ether oxygens (including phenoxy) is 2. The Hall–Kier alpha value is -4.00. The van der Waals surface area contributed by atoms with Gasteiger partial charge in [0.15, 0.2) is 6.17 Å². The van der Waals surface area contributed by atoms with E-state index in [0.29, 0.717) is 41.5 Å². The fourth-order valence-corrected chi connectivity index (χ4v) is 3.74. The van der Waals surface area contributed by atoms with Gasteiger partial charge in [0.05, 0.1) is 24.3 Å². The highest BCUT2D eigenvalue weighted by Crippen LogP contribution is 2.36. The third-order valence-electron chi connectivity index (χ3n) is 5.26.